The van der Waals surface area contributed by atoms with E-state index in [9.17, 15) is 19.2 Å². The lowest BCUT2D eigenvalue weighted by Crippen LogP contribution is -2.27. The smallest absolute Gasteiger partial charge is 0.337 e. The van der Waals surface area contributed by atoms with Crippen molar-refractivity contribution in [2.24, 2.45) is 5.92 Å². The molecular weight excluding hydrogens is 433 g/mol. The molecule has 0 radical (unpaired) electrons. The van der Waals surface area contributed by atoms with Crippen molar-refractivity contribution in [1.29, 1.82) is 0 Å². The lowest BCUT2D eigenvalue weighted by molar-refractivity contribution is -0.147. The number of amides is 1. The molecule has 2 aromatic carbocycles. The van der Waals surface area contributed by atoms with Crippen LogP contribution in [0.4, 0.5) is 5.69 Å². The molecule has 156 valence electrons. The van der Waals surface area contributed by atoms with Gasteiger partial charge in [0.2, 0.25) is 11.7 Å². The van der Waals surface area contributed by atoms with E-state index in [1.165, 1.54) is 42.3 Å². The number of benzene rings is 2. The van der Waals surface area contributed by atoms with Crippen LogP contribution in [0.2, 0.25) is 10.0 Å². The summed E-state index contributed by atoms with van der Waals surface area (Å²) in [5, 5.41) is 0.555. The molecule has 30 heavy (non-hydrogen) atoms. The fourth-order valence-electron chi connectivity index (χ4n) is 3.06. The van der Waals surface area contributed by atoms with Crippen molar-refractivity contribution in [3.05, 3.63) is 63.6 Å². The summed E-state index contributed by atoms with van der Waals surface area (Å²) in [5.74, 6) is -2.55. The summed E-state index contributed by atoms with van der Waals surface area (Å²) in [4.78, 5) is 49.9. The molecular formula is C21H17Cl2NO6. The maximum absolute atomic E-state index is 12.4. The van der Waals surface area contributed by atoms with E-state index >= 15 is 0 Å². The number of anilines is 1. The van der Waals surface area contributed by atoms with Gasteiger partial charge in [0.25, 0.3) is 0 Å². The number of carbonyl (C=O) groups is 4. The predicted octanol–water partition coefficient (Wildman–Crippen LogP) is 3.56. The highest BCUT2D eigenvalue weighted by Crippen LogP contribution is 2.27. The van der Waals surface area contributed by atoms with Gasteiger partial charge in [-0.1, -0.05) is 23.2 Å². The molecule has 1 atom stereocenters. The molecule has 1 aliphatic heterocycles. The monoisotopic (exact) mass is 449 g/mol. The van der Waals surface area contributed by atoms with Crippen molar-refractivity contribution in [2.75, 3.05) is 25.2 Å². The largest absolute Gasteiger partial charge is 0.465 e. The minimum atomic E-state index is -0.703. The van der Waals surface area contributed by atoms with Gasteiger partial charge < -0.3 is 14.4 Å². The van der Waals surface area contributed by atoms with Gasteiger partial charge >= 0.3 is 11.9 Å². The molecule has 0 spiro atoms. The molecule has 1 saturated heterocycles. The molecule has 1 heterocycles. The second kappa shape index (κ2) is 9.28. The molecule has 0 bridgehead atoms. The molecule has 0 saturated carbocycles. The molecule has 1 fully saturated rings. The first kappa shape index (κ1) is 21.8. The Kier molecular flexibility index (Phi) is 6.74. The first-order chi connectivity index (χ1) is 14.3. The first-order valence-corrected chi connectivity index (χ1v) is 9.69. The lowest BCUT2D eigenvalue weighted by atomic mass is 10.1. The third-order valence-electron chi connectivity index (χ3n) is 4.64. The quantitative estimate of drug-likeness (QED) is 0.494. The predicted molar refractivity (Wildman–Crippen MR) is 110 cm³/mol. The molecule has 0 aliphatic carbocycles. The van der Waals surface area contributed by atoms with Gasteiger partial charge in [0.15, 0.2) is 6.61 Å². The van der Waals surface area contributed by atoms with Crippen LogP contribution < -0.4 is 4.90 Å². The number of rotatable bonds is 6. The summed E-state index contributed by atoms with van der Waals surface area (Å²) >= 11 is 11.8. The van der Waals surface area contributed by atoms with Crippen LogP contribution in [0, 0.1) is 5.92 Å². The molecule has 0 unspecified atom stereocenters. The van der Waals surface area contributed by atoms with E-state index in [0.29, 0.717) is 16.3 Å². The minimum Gasteiger partial charge on any atom is -0.465 e. The molecule has 0 N–H and O–H groups in total. The van der Waals surface area contributed by atoms with E-state index in [2.05, 4.69) is 4.74 Å². The molecule has 3 rings (SSSR count). The zero-order chi connectivity index (χ0) is 21.8. The highest BCUT2D eigenvalue weighted by Gasteiger charge is 2.36. The van der Waals surface area contributed by atoms with Gasteiger partial charge in [-0.05, 0) is 42.5 Å². The van der Waals surface area contributed by atoms with Gasteiger partial charge in [-0.2, -0.15) is 0 Å². The van der Waals surface area contributed by atoms with Crippen molar-refractivity contribution in [1.82, 2.24) is 0 Å². The maximum Gasteiger partial charge on any atom is 0.337 e. The third kappa shape index (κ3) is 4.80. The van der Waals surface area contributed by atoms with Crippen LogP contribution in [-0.4, -0.2) is 43.9 Å². The number of ketones is 1. The zero-order valence-corrected chi connectivity index (χ0v) is 17.4. The number of halogens is 2. The summed E-state index contributed by atoms with van der Waals surface area (Å²) in [6.45, 7) is -0.371. The highest BCUT2D eigenvalue weighted by atomic mass is 35.5. The Bertz CT molecular complexity index is 1010. The highest BCUT2D eigenvalue weighted by molar-refractivity contribution is 6.36. The number of methoxy groups -OCH3 is 1. The Morgan fingerprint density at radius 1 is 1.10 bits per heavy atom. The maximum atomic E-state index is 12.4. The van der Waals surface area contributed by atoms with Crippen molar-refractivity contribution in [2.45, 2.75) is 6.42 Å². The van der Waals surface area contributed by atoms with E-state index in [1.807, 2.05) is 0 Å². The summed E-state index contributed by atoms with van der Waals surface area (Å²) in [6.07, 6.45) is -0.0342. The van der Waals surface area contributed by atoms with Crippen LogP contribution >= 0.6 is 23.2 Å². The Hall–Kier alpha value is -2.90. The number of nitrogens with zero attached hydrogens (tertiary/aromatic N) is 1. The zero-order valence-electron chi connectivity index (χ0n) is 15.9. The van der Waals surface area contributed by atoms with Gasteiger partial charge in [-0.15, -0.1) is 0 Å². The average molecular weight is 450 g/mol. The van der Waals surface area contributed by atoms with Crippen LogP contribution in [0.15, 0.2) is 42.5 Å². The molecule has 1 amide bonds. The number of hydrogen-bond acceptors (Lipinski definition) is 6. The van der Waals surface area contributed by atoms with Crippen molar-refractivity contribution < 1.29 is 28.7 Å². The number of ether oxygens (including phenoxy) is 2. The van der Waals surface area contributed by atoms with Crippen LogP contribution in [-0.2, 0) is 19.1 Å². The summed E-state index contributed by atoms with van der Waals surface area (Å²) in [6, 6.07) is 10.7. The van der Waals surface area contributed by atoms with Gasteiger partial charge in [0, 0.05) is 29.2 Å². The normalized spacial score (nSPS) is 15.8. The van der Waals surface area contributed by atoms with Crippen LogP contribution in [0.5, 0.6) is 0 Å². The van der Waals surface area contributed by atoms with E-state index in [0.717, 1.165) is 0 Å². The second-order valence-electron chi connectivity index (χ2n) is 6.60. The topological polar surface area (TPSA) is 90.0 Å². The summed E-state index contributed by atoms with van der Waals surface area (Å²) < 4.78 is 9.74. The SMILES string of the molecule is COC(=O)c1ccc(N2C[C@@H](C(=O)OCC(=O)c3ccc(Cl)cc3Cl)CC2=O)cc1. The van der Waals surface area contributed by atoms with Gasteiger partial charge in [0.1, 0.15) is 0 Å². The van der Waals surface area contributed by atoms with Crippen molar-refractivity contribution in [3.63, 3.8) is 0 Å². The van der Waals surface area contributed by atoms with Crippen LogP contribution in [0.3, 0.4) is 0 Å². The number of Topliss-reactive ketones (excluding diaryl/α,β-unsaturated/α-hetero) is 1. The van der Waals surface area contributed by atoms with Gasteiger partial charge in [-0.3, -0.25) is 14.4 Å². The van der Waals surface area contributed by atoms with E-state index in [4.69, 9.17) is 27.9 Å². The van der Waals surface area contributed by atoms with E-state index in [-0.39, 0.29) is 29.5 Å². The number of esters is 2. The first-order valence-electron chi connectivity index (χ1n) is 8.93. The van der Waals surface area contributed by atoms with E-state index < -0.39 is 30.2 Å². The fourth-order valence-corrected chi connectivity index (χ4v) is 3.57. The minimum absolute atomic E-state index is 0.0342. The molecule has 7 nitrogen and oxygen atoms in total. The Labute approximate surface area is 182 Å². The van der Waals surface area contributed by atoms with Crippen LogP contribution in [0.1, 0.15) is 27.1 Å². The number of carbonyl (C=O) groups excluding carboxylic acids is 4. The van der Waals surface area contributed by atoms with E-state index in [1.54, 1.807) is 12.1 Å². The van der Waals surface area contributed by atoms with Crippen molar-refractivity contribution in [3.8, 4) is 0 Å². The third-order valence-corrected chi connectivity index (χ3v) is 5.18. The van der Waals surface area contributed by atoms with Gasteiger partial charge in [0.05, 0.1) is 23.6 Å². The Morgan fingerprint density at radius 2 is 1.80 bits per heavy atom. The second-order valence-corrected chi connectivity index (χ2v) is 7.44. The summed E-state index contributed by atoms with van der Waals surface area (Å²) in [5.41, 5.74) is 1.10. The van der Waals surface area contributed by atoms with Crippen LogP contribution in [0.25, 0.3) is 0 Å². The van der Waals surface area contributed by atoms with Gasteiger partial charge in [-0.25, -0.2) is 4.79 Å². The standard InChI is InChI=1S/C21H17Cl2NO6/c1-29-20(27)12-2-5-15(6-3-12)24-10-13(8-19(24)26)21(28)30-11-18(25)16-7-4-14(22)9-17(16)23/h2-7,9,13H,8,10-11H2,1H3/t13-/m0/s1. The summed E-state index contributed by atoms with van der Waals surface area (Å²) in [7, 11) is 1.28. The van der Waals surface area contributed by atoms with Crippen molar-refractivity contribution >= 4 is 52.5 Å². The Balaban J connectivity index is 1.59. The molecule has 0 aromatic heterocycles. The fraction of sp³-hybridized carbons (Fsp3) is 0.238. The molecule has 9 heteroatoms. The molecule has 2 aromatic rings. The average Bonchev–Trinajstić information content (AvgIpc) is 3.13. The Morgan fingerprint density at radius 3 is 2.43 bits per heavy atom. The number of hydrogen-bond donors (Lipinski definition) is 0. The lowest BCUT2D eigenvalue weighted by Gasteiger charge is -2.16. The molecule has 1 aliphatic rings.